The minimum absolute atomic E-state index is 0.0190. The lowest BCUT2D eigenvalue weighted by Crippen LogP contribution is -2.31. The van der Waals surface area contributed by atoms with Crippen LogP contribution >= 0.6 is 0 Å². The van der Waals surface area contributed by atoms with Crippen molar-refractivity contribution in [2.45, 2.75) is 51.5 Å². The molecule has 0 aromatic rings. The van der Waals surface area contributed by atoms with Crippen molar-refractivity contribution in [2.24, 2.45) is 11.7 Å². The minimum atomic E-state index is 0.0190. The van der Waals surface area contributed by atoms with Crippen LogP contribution < -0.4 is 5.73 Å². The first kappa shape index (κ1) is 11.0. The molecule has 0 spiro atoms. The summed E-state index contributed by atoms with van der Waals surface area (Å²) in [5.41, 5.74) is 5.95. The van der Waals surface area contributed by atoms with Crippen molar-refractivity contribution in [1.82, 2.24) is 0 Å². The third-order valence-electron chi connectivity index (χ3n) is 2.77. The summed E-state index contributed by atoms with van der Waals surface area (Å²) >= 11 is 0. The summed E-state index contributed by atoms with van der Waals surface area (Å²) in [5.74, 6) is 0.899. The van der Waals surface area contributed by atoms with E-state index in [1.165, 1.54) is 25.7 Å². The van der Waals surface area contributed by atoms with E-state index >= 15 is 0 Å². The molecule has 0 radical (unpaired) electrons. The highest BCUT2D eigenvalue weighted by molar-refractivity contribution is 4.72. The molecule has 1 aliphatic heterocycles. The molecule has 0 bridgehead atoms. The second kappa shape index (κ2) is 4.97. The van der Waals surface area contributed by atoms with Crippen molar-refractivity contribution in [3.8, 4) is 0 Å². The van der Waals surface area contributed by atoms with Gasteiger partial charge in [0, 0.05) is 18.8 Å². The molecule has 1 saturated heterocycles. The van der Waals surface area contributed by atoms with Gasteiger partial charge >= 0.3 is 0 Å². The van der Waals surface area contributed by atoms with Gasteiger partial charge in [-0.2, -0.15) is 0 Å². The molecular formula is C11H23NO. The summed E-state index contributed by atoms with van der Waals surface area (Å²) in [6.45, 7) is 6.15. The predicted molar refractivity (Wildman–Crippen MR) is 55.7 cm³/mol. The van der Waals surface area contributed by atoms with E-state index in [-0.39, 0.29) is 5.54 Å². The molecule has 2 heteroatoms. The Morgan fingerprint density at radius 2 is 1.92 bits per heavy atom. The van der Waals surface area contributed by atoms with E-state index in [9.17, 15) is 0 Å². The maximum absolute atomic E-state index is 5.93. The number of hydrogen-bond donors (Lipinski definition) is 1. The highest BCUT2D eigenvalue weighted by Gasteiger charge is 2.15. The van der Waals surface area contributed by atoms with Gasteiger partial charge in [-0.1, -0.05) is 12.8 Å². The first-order valence-electron chi connectivity index (χ1n) is 5.44. The molecule has 0 atom stereocenters. The summed E-state index contributed by atoms with van der Waals surface area (Å²) in [5, 5.41) is 0. The molecule has 0 aromatic heterocycles. The molecule has 0 aromatic carbocycles. The molecule has 78 valence electrons. The lowest BCUT2D eigenvalue weighted by molar-refractivity contribution is 0.0627. The Kier molecular flexibility index (Phi) is 4.20. The molecule has 2 N–H and O–H groups in total. The topological polar surface area (TPSA) is 35.2 Å². The SMILES string of the molecule is CC(C)(N)CCCC1CCOCC1. The van der Waals surface area contributed by atoms with Crippen LogP contribution in [0, 0.1) is 5.92 Å². The van der Waals surface area contributed by atoms with Crippen molar-refractivity contribution in [1.29, 1.82) is 0 Å². The van der Waals surface area contributed by atoms with Crippen molar-refractivity contribution < 1.29 is 4.74 Å². The van der Waals surface area contributed by atoms with Crippen LogP contribution in [0.25, 0.3) is 0 Å². The van der Waals surface area contributed by atoms with Gasteiger partial charge in [0.1, 0.15) is 0 Å². The second-order valence-corrected chi connectivity index (χ2v) is 4.94. The van der Waals surface area contributed by atoms with E-state index in [0.29, 0.717) is 0 Å². The molecule has 0 unspecified atom stereocenters. The highest BCUT2D eigenvalue weighted by Crippen LogP contribution is 2.22. The number of hydrogen-bond acceptors (Lipinski definition) is 2. The first-order chi connectivity index (χ1) is 6.08. The fourth-order valence-electron chi connectivity index (χ4n) is 1.88. The zero-order chi connectivity index (χ0) is 9.73. The summed E-state index contributed by atoms with van der Waals surface area (Å²) < 4.78 is 5.32. The van der Waals surface area contributed by atoms with Gasteiger partial charge in [-0.25, -0.2) is 0 Å². The number of ether oxygens (including phenoxy) is 1. The van der Waals surface area contributed by atoms with Gasteiger partial charge in [0.25, 0.3) is 0 Å². The van der Waals surface area contributed by atoms with Crippen molar-refractivity contribution in [3.63, 3.8) is 0 Å². The van der Waals surface area contributed by atoms with Crippen LogP contribution in [-0.4, -0.2) is 18.8 Å². The van der Waals surface area contributed by atoms with E-state index < -0.39 is 0 Å². The fraction of sp³-hybridized carbons (Fsp3) is 1.00. The quantitative estimate of drug-likeness (QED) is 0.729. The van der Waals surface area contributed by atoms with Crippen molar-refractivity contribution in [2.75, 3.05) is 13.2 Å². The monoisotopic (exact) mass is 185 g/mol. The molecule has 0 saturated carbocycles. The highest BCUT2D eigenvalue weighted by atomic mass is 16.5. The summed E-state index contributed by atoms with van der Waals surface area (Å²) in [7, 11) is 0. The Morgan fingerprint density at radius 1 is 1.31 bits per heavy atom. The van der Waals surface area contributed by atoms with Gasteiger partial charge in [-0.3, -0.25) is 0 Å². The van der Waals surface area contributed by atoms with Gasteiger partial charge in [-0.05, 0) is 39.0 Å². The average molecular weight is 185 g/mol. The van der Waals surface area contributed by atoms with Crippen molar-refractivity contribution in [3.05, 3.63) is 0 Å². The summed E-state index contributed by atoms with van der Waals surface area (Å²) in [6.07, 6.45) is 6.26. The van der Waals surface area contributed by atoms with Crippen LogP contribution in [0.4, 0.5) is 0 Å². The van der Waals surface area contributed by atoms with Gasteiger partial charge < -0.3 is 10.5 Å². The van der Waals surface area contributed by atoms with Crippen LogP contribution in [-0.2, 0) is 4.74 Å². The predicted octanol–water partition coefficient (Wildman–Crippen LogP) is 2.32. The van der Waals surface area contributed by atoms with Crippen LogP contribution in [0.2, 0.25) is 0 Å². The molecule has 0 amide bonds. The lowest BCUT2D eigenvalue weighted by atomic mass is 9.90. The van der Waals surface area contributed by atoms with Crippen molar-refractivity contribution >= 4 is 0 Å². The number of nitrogens with two attached hydrogens (primary N) is 1. The first-order valence-corrected chi connectivity index (χ1v) is 5.44. The average Bonchev–Trinajstić information content (AvgIpc) is 2.04. The Labute approximate surface area is 81.8 Å². The van der Waals surface area contributed by atoms with Gasteiger partial charge in [-0.15, -0.1) is 0 Å². The van der Waals surface area contributed by atoms with Gasteiger partial charge in [0.15, 0.2) is 0 Å². The van der Waals surface area contributed by atoms with E-state index in [1.54, 1.807) is 0 Å². The molecule has 1 heterocycles. The Balaban J connectivity index is 2.04. The zero-order valence-corrected chi connectivity index (χ0v) is 9.01. The largest absolute Gasteiger partial charge is 0.381 e. The number of rotatable bonds is 4. The standard InChI is InChI=1S/C11H23NO/c1-11(2,12)7-3-4-10-5-8-13-9-6-10/h10H,3-9,12H2,1-2H3. The minimum Gasteiger partial charge on any atom is -0.381 e. The molecule has 1 aliphatic rings. The summed E-state index contributed by atoms with van der Waals surface area (Å²) in [4.78, 5) is 0. The Morgan fingerprint density at radius 3 is 2.46 bits per heavy atom. The third kappa shape index (κ3) is 5.27. The van der Waals surface area contributed by atoms with Crippen LogP contribution in [0.1, 0.15) is 46.0 Å². The van der Waals surface area contributed by atoms with Gasteiger partial charge in [0.2, 0.25) is 0 Å². The molecule has 2 nitrogen and oxygen atoms in total. The van der Waals surface area contributed by atoms with E-state index in [1.807, 2.05) is 0 Å². The third-order valence-corrected chi connectivity index (χ3v) is 2.77. The Bertz CT molecular complexity index is 134. The van der Waals surface area contributed by atoms with E-state index in [0.717, 1.165) is 25.6 Å². The van der Waals surface area contributed by atoms with Crippen LogP contribution in [0.15, 0.2) is 0 Å². The molecule has 1 rings (SSSR count). The maximum atomic E-state index is 5.93. The molecule has 1 fully saturated rings. The fourth-order valence-corrected chi connectivity index (χ4v) is 1.88. The Hall–Kier alpha value is -0.0800. The lowest BCUT2D eigenvalue weighted by Gasteiger charge is -2.24. The maximum Gasteiger partial charge on any atom is 0.0468 e. The second-order valence-electron chi connectivity index (χ2n) is 4.94. The van der Waals surface area contributed by atoms with Crippen LogP contribution in [0.5, 0.6) is 0 Å². The molecular weight excluding hydrogens is 162 g/mol. The smallest absolute Gasteiger partial charge is 0.0468 e. The van der Waals surface area contributed by atoms with Gasteiger partial charge in [0.05, 0.1) is 0 Å². The molecule has 13 heavy (non-hydrogen) atoms. The van der Waals surface area contributed by atoms with E-state index in [4.69, 9.17) is 10.5 Å². The van der Waals surface area contributed by atoms with Crippen LogP contribution in [0.3, 0.4) is 0 Å². The zero-order valence-electron chi connectivity index (χ0n) is 9.01. The van der Waals surface area contributed by atoms with E-state index in [2.05, 4.69) is 13.8 Å². The molecule has 0 aliphatic carbocycles. The normalized spacial score (nSPS) is 20.5. The summed E-state index contributed by atoms with van der Waals surface area (Å²) in [6, 6.07) is 0.